The number of carbonyl (C=O) groups excluding carboxylic acids is 2. The minimum Gasteiger partial charge on any atom is -0.399 e. The Kier molecular flexibility index (Phi) is 6.91. The second kappa shape index (κ2) is 9.44. The molecule has 34 heavy (non-hydrogen) atoms. The summed E-state index contributed by atoms with van der Waals surface area (Å²) in [6.07, 6.45) is 0. The molecule has 0 aliphatic heterocycles. The normalized spacial score (nSPS) is 18.3. The lowest BCUT2D eigenvalue weighted by molar-refractivity contribution is -0.117. The fourth-order valence-electron chi connectivity index (χ4n) is 3.60. The molecule has 1 unspecified atom stereocenters. The molecule has 2 amide bonds. The third-order valence-electron chi connectivity index (χ3n) is 5.36. The second-order valence-corrected chi connectivity index (χ2v) is 10.3. The van der Waals surface area contributed by atoms with Crippen molar-refractivity contribution in [1.29, 1.82) is 0 Å². The lowest BCUT2D eigenvalue weighted by Gasteiger charge is -2.11. The standard InChI is InChI=1S/C23H15Cl5FN3O2/c24-14-5-3-12(9-13(14)21(33)32-18-8-11(30)2-6-17(18)29)31-22(34)20-19(23(20,27)28)10-1-4-15(25)16(26)7-10/h1-9,19-20H,30H2,(H,31,34)(H,32,33)/t19-,20?/m0/s1. The monoisotopic (exact) mass is 559 g/mol. The molecular formula is C23H15Cl5FN3O2. The highest BCUT2D eigenvalue weighted by molar-refractivity contribution is 6.53. The molecule has 176 valence electrons. The van der Waals surface area contributed by atoms with E-state index in [1.165, 1.54) is 30.3 Å². The highest BCUT2D eigenvalue weighted by Crippen LogP contribution is 2.65. The summed E-state index contributed by atoms with van der Waals surface area (Å²) in [4.78, 5) is 25.6. The molecule has 4 N–H and O–H groups in total. The van der Waals surface area contributed by atoms with E-state index >= 15 is 0 Å². The summed E-state index contributed by atoms with van der Waals surface area (Å²) in [5, 5.41) is 5.90. The van der Waals surface area contributed by atoms with Gasteiger partial charge in [0, 0.05) is 17.3 Å². The van der Waals surface area contributed by atoms with Crippen molar-refractivity contribution in [2.45, 2.75) is 10.3 Å². The van der Waals surface area contributed by atoms with Crippen molar-refractivity contribution in [3.8, 4) is 0 Å². The average molecular weight is 562 g/mol. The highest BCUT2D eigenvalue weighted by Gasteiger charge is 2.67. The lowest BCUT2D eigenvalue weighted by Crippen LogP contribution is -2.18. The third-order valence-corrected chi connectivity index (χ3v) is 7.36. The van der Waals surface area contributed by atoms with Crippen LogP contribution in [0.4, 0.5) is 21.5 Å². The maximum Gasteiger partial charge on any atom is 0.257 e. The maximum absolute atomic E-state index is 14.0. The smallest absolute Gasteiger partial charge is 0.257 e. The van der Waals surface area contributed by atoms with Gasteiger partial charge >= 0.3 is 0 Å². The first-order chi connectivity index (χ1) is 16.0. The van der Waals surface area contributed by atoms with Gasteiger partial charge in [-0.15, -0.1) is 23.2 Å². The number of benzene rings is 3. The molecule has 1 saturated carbocycles. The van der Waals surface area contributed by atoms with Gasteiger partial charge in [0.1, 0.15) is 10.2 Å². The van der Waals surface area contributed by atoms with Gasteiger partial charge in [0.05, 0.1) is 32.2 Å². The first-order valence-corrected chi connectivity index (χ1v) is 11.7. The van der Waals surface area contributed by atoms with Crippen molar-refractivity contribution in [2.24, 2.45) is 5.92 Å². The Labute approximate surface area is 219 Å². The third kappa shape index (κ3) is 4.92. The van der Waals surface area contributed by atoms with E-state index in [-0.39, 0.29) is 27.6 Å². The van der Waals surface area contributed by atoms with Crippen LogP contribution in [0.5, 0.6) is 0 Å². The van der Waals surface area contributed by atoms with Gasteiger partial charge in [-0.1, -0.05) is 40.9 Å². The molecule has 3 aromatic rings. The van der Waals surface area contributed by atoms with Crippen LogP contribution in [0.1, 0.15) is 21.8 Å². The summed E-state index contributed by atoms with van der Waals surface area (Å²) in [6, 6.07) is 13.0. The number of nitrogens with two attached hydrogens (primary N) is 1. The Morgan fingerprint density at radius 2 is 1.59 bits per heavy atom. The van der Waals surface area contributed by atoms with E-state index in [1.807, 2.05) is 0 Å². The number of halogens is 6. The Morgan fingerprint density at radius 3 is 2.29 bits per heavy atom. The van der Waals surface area contributed by atoms with E-state index in [2.05, 4.69) is 10.6 Å². The molecule has 0 saturated heterocycles. The van der Waals surface area contributed by atoms with E-state index in [9.17, 15) is 14.0 Å². The number of nitrogens with one attached hydrogen (secondary N) is 2. The number of alkyl halides is 2. The van der Waals surface area contributed by atoms with Crippen LogP contribution in [0.15, 0.2) is 54.6 Å². The molecule has 0 bridgehead atoms. The average Bonchev–Trinajstić information content (AvgIpc) is 3.36. The van der Waals surface area contributed by atoms with Crippen LogP contribution in [0.25, 0.3) is 0 Å². The van der Waals surface area contributed by atoms with E-state index in [4.69, 9.17) is 63.7 Å². The van der Waals surface area contributed by atoms with Gasteiger partial charge in [-0.2, -0.15) is 0 Å². The molecular weight excluding hydrogens is 547 g/mol. The molecule has 3 aromatic carbocycles. The number of hydrogen-bond acceptors (Lipinski definition) is 3. The number of hydrogen-bond donors (Lipinski definition) is 3. The van der Waals surface area contributed by atoms with Gasteiger partial charge in [0.25, 0.3) is 5.91 Å². The predicted molar refractivity (Wildman–Crippen MR) is 136 cm³/mol. The van der Waals surface area contributed by atoms with Crippen LogP contribution in [0.3, 0.4) is 0 Å². The van der Waals surface area contributed by atoms with Crippen molar-refractivity contribution in [3.05, 3.63) is 86.6 Å². The Bertz CT molecular complexity index is 1320. The first-order valence-electron chi connectivity index (χ1n) is 9.78. The van der Waals surface area contributed by atoms with Crippen molar-refractivity contribution in [1.82, 2.24) is 0 Å². The maximum atomic E-state index is 14.0. The van der Waals surface area contributed by atoms with E-state index in [0.29, 0.717) is 15.6 Å². The quantitative estimate of drug-likeness (QED) is 0.229. The van der Waals surface area contributed by atoms with Gasteiger partial charge < -0.3 is 16.4 Å². The number of nitrogen functional groups attached to an aromatic ring is 1. The van der Waals surface area contributed by atoms with Gasteiger partial charge in [-0.3, -0.25) is 9.59 Å². The van der Waals surface area contributed by atoms with Crippen LogP contribution < -0.4 is 16.4 Å². The number of amides is 2. The van der Waals surface area contributed by atoms with Crippen LogP contribution in [-0.2, 0) is 4.79 Å². The zero-order valence-corrected chi connectivity index (χ0v) is 20.8. The van der Waals surface area contributed by atoms with Crippen molar-refractivity contribution >= 4 is 86.9 Å². The molecule has 1 aliphatic carbocycles. The Balaban J connectivity index is 1.52. The first kappa shape index (κ1) is 24.9. The predicted octanol–water partition coefficient (Wildman–Crippen LogP) is 7.15. The molecule has 0 heterocycles. The number of anilines is 3. The molecule has 0 spiro atoms. The summed E-state index contributed by atoms with van der Waals surface area (Å²) >= 11 is 31.0. The fraction of sp³-hybridized carbons (Fsp3) is 0.130. The number of rotatable bonds is 5. The van der Waals surface area contributed by atoms with Gasteiger partial charge in [0.15, 0.2) is 0 Å². The molecule has 4 rings (SSSR count). The molecule has 2 atom stereocenters. The van der Waals surface area contributed by atoms with Gasteiger partial charge in [-0.25, -0.2) is 4.39 Å². The summed E-state index contributed by atoms with van der Waals surface area (Å²) in [6.45, 7) is 0. The fourth-order valence-corrected chi connectivity index (χ4v) is 4.94. The van der Waals surface area contributed by atoms with Crippen molar-refractivity contribution < 1.29 is 14.0 Å². The van der Waals surface area contributed by atoms with Crippen LogP contribution in [0.2, 0.25) is 15.1 Å². The summed E-state index contributed by atoms with van der Waals surface area (Å²) in [7, 11) is 0. The van der Waals surface area contributed by atoms with E-state index in [1.54, 1.807) is 18.2 Å². The van der Waals surface area contributed by atoms with Crippen molar-refractivity contribution in [3.63, 3.8) is 0 Å². The Morgan fingerprint density at radius 1 is 0.882 bits per heavy atom. The largest absolute Gasteiger partial charge is 0.399 e. The van der Waals surface area contributed by atoms with Gasteiger partial charge in [-0.05, 0) is 54.1 Å². The highest BCUT2D eigenvalue weighted by atomic mass is 35.5. The zero-order chi connectivity index (χ0) is 24.8. The molecule has 1 fully saturated rings. The minimum atomic E-state index is -1.35. The van der Waals surface area contributed by atoms with Crippen molar-refractivity contribution in [2.75, 3.05) is 16.4 Å². The minimum absolute atomic E-state index is 0.0149. The summed E-state index contributed by atoms with van der Waals surface area (Å²) in [5.41, 5.74) is 6.77. The zero-order valence-electron chi connectivity index (χ0n) is 17.0. The summed E-state index contributed by atoms with van der Waals surface area (Å²) < 4.78 is 12.6. The van der Waals surface area contributed by atoms with E-state index < -0.39 is 33.8 Å². The molecule has 0 radical (unpaired) electrons. The topological polar surface area (TPSA) is 84.2 Å². The van der Waals surface area contributed by atoms with Crippen LogP contribution in [-0.4, -0.2) is 16.1 Å². The van der Waals surface area contributed by atoms with Gasteiger partial charge in [0.2, 0.25) is 5.91 Å². The molecule has 5 nitrogen and oxygen atoms in total. The molecule has 1 aliphatic rings. The summed E-state index contributed by atoms with van der Waals surface area (Å²) in [5.74, 6) is -3.09. The molecule has 11 heteroatoms. The lowest BCUT2D eigenvalue weighted by atomic mass is 10.1. The second-order valence-electron chi connectivity index (χ2n) is 7.68. The molecule has 0 aromatic heterocycles. The SMILES string of the molecule is Nc1ccc(F)c(NC(=O)c2cc(NC(=O)C3[C@H](c4ccc(Cl)c(Cl)c4)C3(Cl)Cl)ccc2Cl)c1. The number of carbonyl (C=O) groups is 2. The van der Waals surface area contributed by atoms with Crippen LogP contribution >= 0.6 is 58.0 Å². The Hall–Kier alpha value is -2.22. The van der Waals surface area contributed by atoms with Crippen LogP contribution in [0, 0.1) is 11.7 Å². The van der Waals surface area contributed by atoms with E-state index in [0.717, 1.165) is 6.07 Å².